The number of carbonyl (C=O) groups is 1. The van der Waals surface area contributed by atoms with Crippen LogP contribution in [0.15, 0.2) is 6.07 Å². The van der Waals surface area contributed by atoms with Gasteiger partial charge in [0.1, 0.15) is 5.82 Å². The molecule has 5 nitrogen and oxygen atoms in total. The van der Waals surface area contributed by atoms with Crippen molar-refractivity contribution in [2.45, 2.75) is 31.8 Å². The predicted molar refractivity (Wildman–Crippen MR) is 72.7 cm³/mol. The molecule has 0 spiro atoms. The number of aryl methyl sites for hydroxylation is 2. The van der Waals surface area contributed by atoms with Gasteiger partial charge in [0.2, 0.25) is 0 Å². The minimum absolute atomic E-state index is 0.321. The van der Waals surface area contributed by atoms with E-state index in [1.165, 1.54) is 0 Å². The molecule has 2 N–H and O–H groups in total. The van der Waals surface area contributed by atoms with Gasteiger partial charge in [-0.1, -0.05) is 13.3 Å². The van der Waals surface area contributed by atoms with Crippen LogP contribution in [-0.2, 0) is 18.3 Å². The summed E-state index contributed by atoms with van der Waals surface area (Å²) < 4.78 is 1.65. The highest BCUT2D eigenvalue weighted by atomic mass is 32.2. The lowest BCUT2D eigenvalue weighted by molar-refractivity contribution is -0.131. The van der Waals surface area contributed by atoms with E-state index in [9.17, 15) is 9.90 Å². The molecule has 1 amide bonds. The van der Waals surface area contributed by atoms with Crippen molar-refractivity contribution in [2.24, 2.45) is 7.05 Å². The summed E-state index contributed by atoms with van der Waals surface area (Å²) in [7, 11) is 1.79. The molecule has 2 rings (SSSR count). The van der Waals surface area contributed by atoms with Gasteiger partial charge in [-0.15, -0.1) is 0 Å². The molecule has 0 aromatic carbocycles. The lowest BCUT2D eigenvalue weighted by atomic mass is 10.0. The quantitative estimate of drug-likeness (QED) is 0.861. The second kappa shape index (κ2) is 5.32. The fourth-order valence-corrected chi connectivity index (χ4v) is 3.23. The topological polar surface area (TPSA) is 67.2 Å². The van der Waals surface area contributed by atoms with Crippen LogP contribution in [0.3, 0.4) is 0 Å². The molecular formula is C12H19N3O2S. The van der Waals surface area contributed by atoms with Crippen molar-refractivity contribution in [2.75, 3.05) is 16.8 Å². The van der Waals surface area contributed by atoms with Crippen LogP contribution in [0, 0.1) is 0 Å². The van der Waals surface area contributed by atoms with E-state index in [1.807, 2.05) is 6.07 Å². The van der Waals surface area contributed by atoms with Gasteiger partial charge in [-0.25, -0.2) is 0 Å². The third-order valence-corrected chi connectivity index (χ3v) is 4.28. The number of carbonyl (C=O) groups excluding carboxylic acids is 1. The minimum Gasteiger partial charge on any atom is -0.379 e. The summed E-state index contributed by atoms with van der Waals surface area (Å²) in [4.78, 5) is 12.0. The summed E-state index contributed by atoms with van der Waals surface area (Å²) in [5.74, 6) is 1.63. The number of hydrogen-bond acceptors (Lipinski definition) is 4. The Labute approximate surface area is 111 Å². The van der Waals surface area contributed by atoms with Gasteiger partial charge < -0.3 is 10.4 Å². The van der Waals surface area contributed by atoms with Gasteiger partial charge in [-0.2, -0.15) is 16.9 Å². The number of anilines is 1. The average molecular weight is 269 g/mol. The van der Waals surface area contributed by atoms with Gasteiger partial charge in [0.05, 0.1) is 5.69 Å². The zero-order valence-electron chi connectivity index (χ0n) is 10.8. The minimum atomic E-state index is -1.22. The number of aliphatic hydroxyl groups is 1. The van der Waals surface area contributed by atoms with Crippen molar-refractivity contribution >= 4 is 23.5 Å². The van der Waals surface area contributed by atoms with Gasteiger partial charge in [0, 0.05) is 18.9 Å². The summed E-state index contributed by atoms with van der Waals surface area (Å²) in [5.41, 5.74) is -0.261. The first-order valence-electron chi connectivity index (χ1n) is 6.19. The molecule has 0 saturated carbocycles. The Hall–Kier alpha value is -1.01. The normalized spacial score (nSPS) is 23.3. The molecule has 6 heteroatoms. The van der Waals surface area contributed by atoms with E-state index >= 15 is 0 Å². The first-order chi connectivity index (χ1) is 8.55. The molecule has 1 atom stereocenters. The smallest absolute Gasteiger partial charge is 0.258 e. The number of thioether (sulfide) groups is 1. The summed E-state index contributed by atoms with van der Waals surface area (Å²) in [6.45, 7) is 2.09. The van der Waals surface area contributed by atoms with Crippen LogP contribution in [-0.4, -0.2) is 37.9 Å². The summed E-state index contributed by atoms with van der Waals surface area (Å²) in [5, 5.41) is 17.2. The van der Waals surface area contributed by atoms with E-state index in [0.717, 1.165) is 24.3 Å². The zero-order valence-corrected chi connectivity index (χ0v) is 11.6. The monoisotopic (exact) mass is 269 g/mol. The summed E-state index contributed by atoms with van der Waals surface area (Å²) in [6.07, 6.45) is 2.43. The standard InChI is InChI=1S/C12H19N3O2S/c1-3-4-9-7-10(15(2)14-9)13-11(16)12(17)5-6-18-8-12/h7,17H,3-6,8H2,1-2H3,(H,13,16). The van der Waals surface area contributed by atoms with Gasteiger partial charge in [0.25, 0.3) is 5.91 Å². The van der Waals surface area contributed by atoms with Crippen LogP contribution in [0.4, 0.5) is 5.82 Å². The molecule has 1 aliphatic rings. The van der Waals surface area contributed by atoms with Crippen molar-refractivity contribution in [3.8, 4) is 0 Å². The lowest BCUT2D eigenvalue weighted by Crippen LogP contribution is -2.43. The Bertz CT molecular complexity index is 439. The van der Waals surface area contributed by atoms with Crippen molar-refractivity contribution in [3.05, 3.63) is 11.8 Å². The van der Waals surface area contributed by atoms with Crippen LogP contribution in [0.5, 0.6) is 0 Å². The van der Waals surface area contributed by atoms with E-state index in [0.29, 0.717) is 18.0 Å². The molecule has 2 heterocycles. The average Bonchev–Trinajstić information content (AvgIpc) is 2.88. The highest BCUT2D eigenvalue weighted by molar-refractivity contribution is 7.99. The Kier molecular flexibility index (Phi) is 3.97. The second-order valence-electron chi connectivity index (χ2n) is 4.68. The number of rotatable bonds is 4. The van der Waals surface area contributed by atoms with Crippen molar-refractivity contribution < 1.29 is 9.90 Å². The van der Waals surface area contributed by atoms with E-state index in [1.54, 1.807) is 23.5 Å². The summed E-state index contributed by atoms with van der Waals surface area (Å²) >= 11 is 1.60. The largest absolute Gasteiger partial charge is 0.379 e. The summed E-state index contributed by atoms with van der Waals surface area (Å²) in [6, 6.07) is 1.87. The maximum absolute atomic E-state index is 12.0. The van der Waals surface area contributed by atoms with Gasteiger partial charge in [0.15, 0.2) is 5.60 Å². The highest BCUT2D eigenvalue weighted by Gasteiger charge is 2.39. The third-order valence-electron chi connectivity index (χ3n) is 3.10. The van der Waals surface area contributed by atoms with Crippen molar-refractivity contribution in [3.63, 3.8) is 0 Å². The first-order valence-corrected chi connectivity index (χ1v) is 7.35. The second-order valence-corrected chi connectivity index (χ2v) is 5.79. The van der Waals surface area contributed by atoms with Gasteiger partial charge in [-0.3, -0.25) is 9.48 Å². The number of aromatic nitrogens is 2. The van der Waals surface area contributed by atoms with E-state index in [4.69, 9.17) is 0 Å². The third kappa shape index (κ3) is 2.70. The Morgan fingerprint density at radius 2 is 2.50 bits per heavy atom. The fourth-order valence-electron chi connectivity index (χ4n) is 1.99. The fraction of sp³-hybridized carbons (Fsp3) is 0.667. The predicted octanol–water partition coefficient (Wildman–Crippen LogP) is 1.18. The number of amides is 1. The van der Waals surface area contributed by atoms with Gasteiger partial charge in [-0.05, 0) is 18.6 Å². The highest BCUT2D eigenvalue weighted by Crippen LogP contribution is 2.29. The number of nitrogens with zero attached hydrogens (tertiary/aromatic N) is 2. The molecule has 1 unspecified atom stereocenters. The van der Waals surface area contributed by atoms with Crippen LogP contribution in [0.2, 0.25) is 0 Å². The molecule has 1 aromatic heterocycles. The Morgan fingerprint density at radius 3 is 3.11 bits per heavy atom. The molecule has 1 aliphatic heterocycles. The van der Waals surface area contributed by atoms with E-state index in [2.05, 4.69) is 17.3 Å². The molecule has 100 valence electrons. The molecule has 0 bridgehead atoms. The number of nitrogens with one attached hydrogen (secondary N) is 1. The van der Waals surface area contributed by atoms with Crippen LogP contribution < -0.4 is 5.32 Å². The van der Waals surface area contributed by atoms with Crippen LogP contribution in [0.25, 0.3) is 0 Å². The lowest BCUT2D eigenvalue weighted by Gasteiger charge is -2.19. The molecule has 1 saturated heterocycles. The maximum atomic E-state index is 12.0. The molecule has 1 fully saturated rings. The van der Waals surface area contributed by atoms with Crippen molar-refractivity contribution in [1.29, 1.82) is 0 Å². The van der Waals surface area contributed by atoms with Gasteiger partial charge >= 0.3 is 0 Å². The molecular weight excluding hydrogens is 250 g/mol. The Morgan fingerprint density at radius 1 is 1.72 bits per heavy atom. The molecule has 0 aliphatic carbocycles. The van der Waals surface area contributed by atoms with E-state index in [-0.39, 0.29) is 5.91 Å². The molecule has 0 radical (unpaired) electrons. The van der Waals surface area contributed by atoms with Crippen LogP contribution >= 0.6 is 11.8 Å². The SMILES string of the molecule is CCCc1cc(NC(=O)C2(O)CCSC2)n(C)n1. The molecule has 18 heavy (non-hydrogen) atoms. The van der Waals surface area contributed by atoms with Crippen LogP contribution in [0.1, 0.15) is 25.5 Å². The molecule has 1 aromatic rings. The van der Waals surface area contributed by atoms with Crippen molar-refractivity contribution in [1.82, 2.24) is 9.78 Å². The number of hydrogen-bond donors (Lipinski definition) is 2. The zero-order chi connectivity index (χ0) is 13.2. The first kappa shape index (κ1) is 13.4. The Balaban J connectivity index is 2.06. The van der Waals surface area contributed by atoms with E-state index < -0.39 is 5.60 Å². The maximum Gasteiger partial charge on any atom is 0.258 e.